The van der Waals surface area contributed by atoms with Gasteiger partial charge in [-0.05, 0) is 0 Å². The minimum atomic E-state index is -1.25. The molecule has 0 spiro atoms. The molecule has 0 rings (SSSR count). The van der Waals surface area contributed by atoms with E-state index in [-0.39, 0.29) is 0 Å². The molecule has 0 amide bonds. The summed E-state index contributed by atoms with van der Waals surface area (Å²) in [6.45, 7) is 0. The van der Waals surface area contributed by atoms with Gasteiger partial charge >= 0.3 is 0 Å². The first kappa shape index (κ1) is 42.6. The number of rotatable bonds is 18. The second kappa shape index (κ2) is 19.3. The monoisotopic (exact) mass is 440 g/mol. The molecule has 0 aliphatic rings. The molecular weight excluding hydrogens is 432 g/mol. The van der Waals surface area contributed by atoms with Gasteiger partial charge in [0.15, 0.2) is 0 Å². The summed E-state index contributed by atoms with van der Waals surface area (Å²) in [7, 11) is 131. The van der Waals surface area contributed by atoms with Crippen LogP contribution in [-0.2, 0) is 0 Å². The third-order valence-electron chi connectivity index (χ3n) is 8.00. The first-order valence-corrected chi connectivity index (χ1v) is 13.0. The summed E-state index contributed by atoms with van der Waals surface area (Å²) >= 11 is 0. The lowest BCUT2D eigenvalue weighted by Gasteiger charge is -2.54. The van der Waals surface area contributed by atoms with Gasteiger partial charge in [0, 0.05) is 284 Å². The minimum absolute atomic E-state index is 1.04. The molecule has 0 saturated carbocycles. The lowest BCUT2D eigenvalue weighted by molar-refractivity contribution is 3.21. The molecule has 40 heteroatoms. The van der Waals surface area contributed by atoms with Gasteiger partial charge in [-0.3, -0.25) is 0 Å². The summed E-state index contributed by atoms with van der Waals surface area (Å²) in [5.41, 5.74) is 0. The molecule has 0 nitrogen and oxygen atoms in total. The topological polar surface area (TPSA) is 0 Å². The molecule has 0 bridgehead atoms. The third kappa shape index (κ3) is 11.4. The Bertz CT molecular complexity index is 529. The fourth-order valence-electron chi connectivity index (χ4n) is 6.42. The highest BCUT2D eigenvalue weighted by molar-refractivity contribution is 8.32. The van der Waals surface area contributed by atoms with E-state index in [9.17, 15) is 0 Å². The van der Waals surface area contributed by atoms with Crippen LogP contribution in [0.15, 0.2) is 0 Å². The van der Waals surface area contributed by atoms with Gasteiger partial charge in [0.05, 0.1) is 0 Å². The van der Waals surface area contributed by atoms with Gasteiger partial charge in [-0.2, -0.15) is 0 Å². The van der Waals surface area contributed by atoms with E-state index in [1.54, 1.807) is 0 Å². The molecule has 120 valence electrons. The Hall–Kier alpha value is 2.60. The van der Waals surface area contributed by atoms with E-state index >= 15 is 0 Å². The molecular formula is B40. The van der Waals surface area contributed by atoms with E-state index in [0.29, 0.717) is 0 Å². The van der Waals surface area contributed by atoms with E-state index in [1.807, 2.05) is 0 Å². The molecule has 0 aromatic heterocycles. The summed E-state index contributed by atoms with van der Waals surface area (Å²) in [4.78, 5) is 0. The Morgan fingerprint density at radius 3 is 0.425 bits per heavy atom. The van der Waals surface area contributed by atoms with Gasteiger partial charge in [0.2, 0.25) is 0 Å². The fourth-order valence-corrected chi connectivity index (χ4v) is 6.42. The summed E-state index contributed by atoms with van der Waals surface area (Å²) < 4.78 is 0. The van der Waals surface area contributed by atoms with Crippen LogP contribution >= 0.6 is 0 Å². The fraction of sp³-hybridized carbons (Fsp3) is 0. The van der Waals surface area contributed by atoms with Crippen LogP contribution in [0, 0.1) is 0 Å². The highest BCUT2D eigenvalue weighted by Gasteiger charge is 2.56. The van der Waals surface area contributed by atoms with Gasteiger partial charge < -0.3 is 0 Å². The van der Waals surface area contributed by atoms with Crippen LogP contribution in [-0.4, -0.2) is 284 Å². The Labute approximate surface area is 282 Å². The molecule has 0 heterocycles. The van der Waals surface area contributed by atoms with Crippen molar-refractivity contribution in [3.8, 4) is 0 Å². The van der Waals surface area contributed by atoms with Crippen LogP contribution in [0.4, 0.5) is 0 Å². The average molecular weight is 432 g/mol. The maximum absolute atomic E-state index is 6.54. The number of hydrogen-bond donors (Lipinski definition) is 0. The van der Waals surface area contributed by atoms with Crippen molar-refractivity contribution in [2.75, 3.05) is 0 Å². The van der Waals surface area contributed by atoms with E-state index in [1.165, 1.54) is 0 Å². The molecule has 0 aromatic carbocycles. The van der Waals surface area contributed by atoms with Gasteiger partial charge in [0.1, 0.15) is 0 Å². The zero-order chi connectivity index (χ0) is 32.0. The van der Waals surface area contributed by atoms with Crippen molar-refractivity contribution in [3.05, 3.63) is 0 Å². The summed E-state index contributed by atoms with van der Waals surface area (Å²) in [5.74, 6) is 0. The van der Waals surface area contributed by atoms with Crippen molar-refractivity contribution in [2.45, 2.75) is 0 Å². The van der Waals surface area contributed by atoms with Crippen LogP contribution in [0.5, 0.6) is 0 Å². The summed E-state index contributed by atoms with van der Waals surface area (Å²) in [5, 5.41) is 0. The van der Waals surface area contributed by atoms with E-state index in [0.717, 1.165) is 0 Å². The van der Waals surface area contributed by atoms with Crippen molar-refractivity contribution in [1.29, 1.82) is 0 Å². The molecule has 0 aliphatic heterocycles. The summed E-state index contributed by atoms with van der Waals surface area (Å²) in [6, 6.07) is 0. The smallest absolute Gasteiger partial charge is 0 e. The van der Waals surface area contributed by atoms with Crippen LogP contribution in [0.25, 0.3) is 0 Å². The Morgan fingerprint density at radius 1 is 0.150 bits per heavy atom. The van der Waals surface area contributed by atoms with Gasteiger partial charge in [-0.25, -0.2) is 0 Å². The highest BCUT2D eigenvalue weighted by atomic mass is 13.4. The predicted molar refractivity (Wildman–Crippen MR) is 230 cm³/mol. The lowest BCUT2D eigenvalue weighted by Crippen LogP contribution is -2.92. The van der Waals surface area contributed by atoms with Crippen LogP contribution in [0.3, 0.4) is 0 Å². The maximum atomic E-state index is 6.54. The number of hydrogen-bond acceptors (Lipinski definition) is 0. The zero-order valence-electron chi connectivity index (χ0n) is 23.1. The molecule has 0 fully saturated rings. The average Bonchev–Trinajstić information content (AvgIpc) is 2.73. The standard InChI is InChI=1S/B40/c1-22(2)32(21)37(31(19)20)40(38(33(23(3)4)24(5)6)34(25(7)8)26(9)10)39(35(27(11)12)28(13)14)36(29(15)16)30(17)18. The molecule has 0 aromatic rings. The van der Waals surface area contributed by atoms with E-state index in [4.69, 9.17) is 162 Å². The normalized spacial score (nSPS) is 9.60. The Morgan fingerprint density at radius 2 is 0.300 bits per heavy atom. The molecule has 0 atom stereocenters. The van der Waals surface area contributed by atoms with Crippen molar-refractivity contribution in [3.63, 3.8) is 0 Å². The molecule has 0 aliphatic carbocycles. The second-order valence-corrected chi connectivity index (χ2v) is 11.0. The predicted octanol–water partition coefficient (Wildman–Crippen LogP) is -15.2. The van der Waals surface area contributed by atoms with Crippen molar-refractivity contribution in [2.24, 2.45) is 0 Å². The molecule has 42 radical (unpaired) electrons. The SMILES string of the molecule is [B]B([B])B([B])B(B([B])[B])B(B(B(B([B])[B])B([B])[B])B(B([B])[B])B([B])[B])B(B(B([B])[B])B([B])[B])B(B([B])[B])B([B])[B]. The Balaban J connectivity index is 8.34. The van der Waals surface area contributed by atoms with Gasteiger partial charge in [-0.1, -0.05) is 0 Å². The summed E-state index contributed by atoms with van der Waals surface area (Å²) in [6.07, 6.45) is -21.7. The van der Waals surface area contributed by atoms with Gasteiger partial charge in [-0.15, -0.1) is 0 Å². The molecule has 0 unspecified atom stereocenters. The van der Waals surface area contributed by atoms with Crippen LogP contribution in [0.2, 0.25) is 0 Å². The van der Waals surface area contributed by atoms with Crippen LogP contribution < -0.4 is 0 Å². The minimum Gasteiger partial charge on any atom is 0 e. The van der Waals surface area contributed by atoms with E-state index in [2.05, 4.69) is 0 Å². The Kier molecular flexibility index (Phi) is 20.6. The highest BCUT2D eigenvalue weighted by Crippen LogP contribution is 2.18. The zero-order valence-corrected chi connectivity index (χ0v) is 23.1. The second-order valence-electron chi connectivity index (χ2n) is 11.0. The maximum Gasteiger partial charge on any atom is 0 e. The first-order valence-electron chi connectivity index (χ1n) is 13.0. The molecule has 0 saturated heterocycles. The largest absolute Gasteiger partial charge is 0 e. The third-order valence-corrected chi connectivity index (χ3v) is 8.00. The van der Waals surface area contributed by atoms with Gasteiger partial charge in [0.25, 0.3) is 0 Å². The van der Waals surface area contributed by atoms with E-state index < -0.39 is 121 Å². The molecule has 40 heavy (non-hydrogen) atoms. The quantitative estimate of drug-likeness (QED) is 0.189. The van der Waals surface area contributed by atoms with Crippen molar-refractivity contribution in [1.82, 2.24) is 0 Å². The first-order chi connectivity index (χ1) is 18.1. The van der Waals surface area contributed by atoms with Crippen molar-refractivity contribution >= 4 is 284 Å². The lowest BCUT2D eigenvalue weighted by atomic mass is 8.27. The van der Waals surface area contributed by atoms with Crippen LogP contribution in [0.1, 0.15) is 0 Å². The molecule has 0 N–H and O–H groups in total. The van der Waals surface area contributed by atoms with Crippen molar-refractivity contribution < 1.29 is 0 Å².